The Labute approximate surface area is 866 Å². The van der Waals surface area contributed by atoms with Crippen LogP contribution in [0.4, 0.5) is 34.1 Å². The summed E-state index contributed by atoms with van der Waals surface area (Å²) in [6.45, 7) is 21.0. The maximum absolute atomic E-state index is 11.0. The Balaban J connectivity index is 0.000000822. The van der Waals surface area contributed by atoms with Crippen molar-refractivity contribution in [3.8, 4) is 45.8 Å². The first-order chi connectivity index (χ1) is 70.9. The molecule has 0 atom stereocenters. The summed E-state index contributed by atoms with van der Waals surface area (Å²) in [4.78, 5) is 112. The zero-order valence-electron chi connectivity index (χ0n) is 89.2. The lowest BCUT2D eigenvalue weighted by Gasteiger charge is -2.06. The van der Waals surface area contributed by atoms with Crippen LogP contribution in [-0.2, 0) is 130 Å². The summed E-state index contributed by atoms with van der Waals surface area (Å²) < 4.78 is 73.2. The normalized spacial score (nSPS) is 9.81. The number of methoxy groups -OCH3 is 14. The first-order valence-corrected chi connectivity index (χ1v) is 46.9. The topological polar surface area (TPSA) is 449 Å². The Bertz CT molecular complexity index is 4750. The molecule has 0 unspecified atom stereocenters. The number of hydrogen-bond acceptors (Lipinski definition) is 29. The molecule has 0 saturated heterocycles. The van der Waals surface area contributed by atoms with Crippen LogP contribution in [0.2, 0.25) is 0 Å². The zero-order valence-corrected chi connectivity index (χ0v) is 89.2. The van der Waals surface area contributed by atoms with Gasteiger partial charge in [-0.3, -0.25) is 68.3 Å². The van der Waals surface area contributed by atoms with Crippen molar-refractivity contribution in [2.75, 3.05) is 197 Å². The molecular weight excluding hydrogens is 1890 g/mol. The van der Waals surface area contributed by atoms with E-state index >= 15 is 0 Å². The van der Waals surface area contributed by atoms with Gasteiger partial charge in [-0.25, -0.2) is 0 Å². The number of anilines is 6. The summed E-state index contributed by atoms with van der Waals surface area (Å²) in [5.74, 6) is 2.44. The van der Waals surface area contributed by atoms with Crippen LogP contribution >= 0.6 is 0 Å². The number of unbranched alkanes of at least 4 members (excludes halogenated alkanes) is 3. The molecule has 0 saturated carbocycles. The van der Waals surface area contributed by atoms with Crippen LogP contribution in [0.25, 0.3) is 22.8 Å². The van der Waals surface area contributed by atoms with Gasteiger partial charge in [-0.2, -0.15) is 0 Å². The number of hydrogen-bond donors (Lipinski definition) is 8. The van der Waals surface area contributed by atoms with Crippen molar-refractivity contribution in [1.29, 1.82) is 0 Å². The number of aromatic nitrogens is 6. The summed E-state index contributed by atoms with van der Waals surface area (Å²) in [6.07, 6.45) is 12.5. The molecule has 37 nitrogen and oxygen atoms in total. The standard InChI is InChI=1S/2C17H18N2O2.2C12H12N2O2.C10H12N2O2.C10H20N2O2.2C9H13NO2.C6H14O3.2C4H10O2/c2*1-12(20)18-16-7-3-14(4-8-16)11-15-5-9-17(10-6-15)19-13(2)21;2*1-15-9-3-5-11(13-7-9)12-6-4-10(16-2)8-14-12;1-7(13)11-9-4-3-5-10(6-9)12-8(2)14;1-9(13)11-7-5-3-4-6-8-12-10(2)14;2*1-11-6-8-4-3-5-9(10-8)7-12-2;1-7-3-5-9-6-4-8-2;2*1-5-3-4-6-2/h2*3-10H,11H2,1-2H3,(H,18,20)(H,19,21);2*3-8H,1-2H3;3-6H,1-2H3,(H,11,13)(H,12,14);3-8H2,1-2H3,(H,11,13)(H,12,14);2*3-5H,6-7H2,1-2H3;3-6H2,1-2H3;2*3-4H2,1-2H3. The number of amides is 8. The third-order valence-corrected chi connectivity index (χ3v) is 18.4. The largest absolute Gasteiger partial charge is 0.495 e. The molecule has 6 heterocycles. The highest BCUT2D eigenvalue weighted by atomic mass is 16.5. The summed E-state index contributed by atoms with van der Waals surface area (Å²) in [5, 5.41) is 21.7. The second-order valence-corrected chi connectivity index (χ2v) is 31.1. The first kappa shape index (κ1) is 131. The number of ether oxygens (including phenoxy) is 15. The van der Waals surface area contributed by atoms with Crippen molar-refractivity contribution in [2.45, 2.75) is 120 Å². The van der Waals surface area contributed by atoms with E-state index in [1.54, 1.807) is 149 Å². The van der Waals surface area contributed by atoms with Crippen LogP contribution in [0.5, 0.6) is 23.0 Å². The van der Waals surface area contributed by atoms with Crippen molar-refractivity contribution in [2.24, 2.45) is 0 Å². The number of carbonyl (C=O) groups excluding carboxylic acids is 8. The van der Waals surface area contributed by atoms with Gasteiger partial charge in [0.25, 0.3) is 0 Å². The number of nitrogens with zero attached hydrogens (tertiary/aromatic N) is 6. The maximum Gasteiger partial charge on any atom is 0.221 e. The number of nitrogens with one attached hydrogen (secondary N) is 8. The van der Waals surface area contributed by atoms with Crippen LogP contribution in [0.15, 0.2) is 231 Å². The monoisotopic (exact) mass is 2040 g/mol. The molecule has 37 heteroatoms. The third kappa shape index (κ3) is 69.2. The SMILES string of the molecule is CC(=O)NCCCCCCNC(C)=O.CC(=O)Nc1ccc(Cc2ccc(NC(C)=O)cc2)cc1.CC(=O)Nc1ccc(Cc2ccc(NC(C)=O)cc2)cc1.CC(=O)Nc1cccc(NC(C)=O)c1.COCCOC.COCCOC.COCCOCCOC.COCc1cccc(COC)n1.COCc1cccc(COC)n1.COc1ccc(-c2ccc(OC)cn2)nc1.COc1ccc(-c2ccc(OC)cn2)nc1. The van der Waals surface area contributed by atoms with Gasteiger partial charge in [0.15, 0.2) is 0 Å². The fourth-order valence-electron chi connectivity index (χ4n) is 11.6. The summed E-state index contributed by atoms with van der Waals surface area (Å²) >= 11 is 0. The summed E-state index contributed by atoms with van der Waals surface area (Å²) in [6, 6.07) is 64.6. The van der Waals surface area contributed by atoms with Gasteiger partial charge in [0.1, 0.15) is 23.0 Å². The molecule has 0 bridgehead atoms. The second-order valence-electron chi connectivity index (χ2n) is 31.1. The summed E-state index contributed by atoms with van der Waals surface area (Å²) in [7, 11) is 23.0. The Kier molecular flexibility index (Phi) is 75.3. The fraction of sp³-hybridized carbons (Fsp3) is 0.382. The lowest BCUT2D eigenvalue weighted by atomic mass is 10.0. The highest BCUT2D eigenvalue weighted by molar-refractivity contribution is 5.93. The van der Waals surface area contributed by atoms with Gasteiger partial charge in [-0.05, 0) is 187 Å². The molecule has 0 spiro atoms. The van der Waals surface area contributed by atoms with Gasteiger partial charge in [0.2, 0.25) is 47.3 Å². The molecule has 0 fully saturated rings. The van der Waals surface area contributed by atoms with E-state index in [1.165, 1.54) is 55.4 Å². The van der Waals surface area contributed by atoms with E-state index in [0.29, 0.717) is 90.7 Å². The molecule has 147 heavy (non-hydrogen) atoms. The van der Waals surface area contributed by atoms with Crippen LogP contribution in [0, 0.1) is 0 Å². The minimum atomic E-state index is -0.134. The smallest absolute Gasteiger partial charge is 0.221 e. The lowest BCUT2D eigenvalue weighted by molar-refractivity contribution is -0.119. The maximum atomic E-state index is 11.0. The number of carbonyl (C=O) groups is 8. The minimum absolute atomic E-state index is 0.0308. The van der Waals surface area contributed by atoms with Crippen molar-refractivity contribution < 1.29 is 109 Å². The van der Waals surface area contributed by atoms with Gasteiger partial charge in [0, 0.05) is 174 Å². The molecule has 8 amide bonds. The Hall–Kier alpha value is -14.5. The van der Waals surface area contributed by atoms with E-state index in [2.05, 4.69) is 91.4 Å². The van der Waals surface area contributed by atoms with Gasteiger partial charge in [-0.15, -0.1) is 0 Å². The van der Waals surface area contributed by atoms with E-state index in [1.807, 2.05) is 182 Å². The molecule has 11 aromatic rings. The average molecular weight is 2040 g/mol. The first-order valence-electron chi connectivity index (χ1n) is 46.9. The molecule has 0 radical (unpaired) electrons. The van der Waals surface area contributed by atoms with Crippen molar-refractivity contribution in [3.63, 3.8) is 0 Å². The van der Waals surface area contributed by atoms with E-state index in [0.717, 1.165) is 165 Å². The molecular formula is C110H152N14O23. The quantitative estimate of drug-likeness (QED) is 0.0165. The van der Waals surface area contributed by atoms with Gasteiger partial charge in [0.05, 0.1) is 178 Å². The lowest BCUT2D eigenvalue weighted by Crippen LogP contribution is -2.21. The van der Waals surface area contributed by atoms with E-state index < -0.39 is 0 Å². The van der Waals surface area contributed by atoms with E-state index in [9.17, 15) is 38.4 Å². The minimum Gasteiger partial charge on any atom is -0.495 e. The Morgan fingerprint density at radius 2 is 0.449 bits per heavy atom. The molecule has 5 aromatic carbocycles. The molecule has 6 aromatic heterocycles. The highest BCUT2D eigenvalue weighted by Crippen LogP contribution is 2.24. The van der Waals surface area contributed by atoms with Crippen molar-refractivity contribution in [1.82, 2.24) is 40.5 Å². The zero-order chi connectivity index (χ0) is 109. The predicted octanol–water partition coefficient (Wildman–Crippen LogP) is 16.7. The molecule has 0 aliphatic rings. The number of pyridine rings is 6. The van der Waals surface area contributed by atoms with Crippen LogP contribution in [0.3, 0.4) is 0 Å². The van der Waals surface area contributed by atoms with E-state index in [-0.39, 0.29) is 47.3 Å². The molecule has 0 aliphatic heterocycles. The second kappa shape index (κ2) is 84.8. The van der Waals surface area contributed by atoms with E-state index in [4.69, 9.17) is 52.1 Å². The Morgan fingerprint density at radius 1 is 0.231 bits per heavy atom. The molecule has 8 N–H and O–H groups in total. The average Bonchev–Trinajstić information content (AvgIpc) is 0.850. The third-order valence-electron chi connectivity index (χ3n) is 18.4. The van der Waals surface area contributed by atoms with Crippen LogP contribution in [0.1, 0.15) is 126 Å². The van der Waals surface area contributed by atoms with Crippen molar-refractivity contribution >= 4 is 81.4 Å². The van der Waals surface area contributed by atoms with Crippen LogP contribution in [-0.4, -0.2) is 243 Å². The number of rotatable bonds is 43. The number of benzene rings is 5. The van der Waals surface area contributed by atoms with Crippen LogP contribution < -0.4 is 61.5 Å². The fourth-order valence-corrected chi connectivity index (χ4v) is 11.6. The molecule has 800 valence electrons. The van der Waals surface area contributed by atoms with Gasteiger partial charge >= 0.3 is 0 Å². The summed E-state index contributed by atoms with van der Waals surface area (Å²) in [5.41, 5.74) is 16.2. The van der Waals surface area contributed by atoms with Gasteiger partial charge < -0.3 is 114 Å². The predicted molar refractivity (Wildman–Crippen MR) is 574 cm³/mol. The molecule has 11 rings (SSSR count). The van der Waals surface area contributed by atoms with Gasteiger partial charge in [-0.1, -0.05) is 79.6 Å². The van der Waals surface area contributed by atoms with Crippen molar-refractivity contribution in [3.05, 3.63) is 276 Å². The molecule has 0 aliphatic carbocycles. The Morgan fingerprint density at radius 3 is 0.639 bits per heavy atom. The highest BCUT2D eigenvalue weighted by Gasteiger charge is 2.09.